The molecular formula is C22H22ClN3O. The van der Waals surface area contributed by atoms with Crippen molar-refractivity contribution in [3.05, 3.63) is 70.9 Å². The Labute approximate surface area is 164 Å². The number of anilines is 1. The van der Waals surface area contributed by atoms with E-state index in [1.165, 1.54) is 5.56 Å². The molecule has 0 radical (unpaired) electrons. The molecule has 1 amide bonds. The number of amides is 1. The lowest BCUT2D eigenvalue weighted by atomic mass is 10.1. The highest BCUT2D eigenvalue weighted by atomic mass is 35.5. The Balaban J connectivity index is 1.46. The lowest BCUT2D eigenvalue weighted by molar-refractivity contribution is 0.0746. The monoisotopic (exact) mass is 379 g/mol. The molecular weight excluding hydrogens is 358 g/mol. The average molecular weight is 380 g/mol. The summed E-state index contributed by atoms with van der Waals surface area (Å²) >= 11 is 6.36. The molecule has 0 atom stereocenters. The van der Waals surface area contributed by atoms with Gasteiger partial charge in [0, 0.05) is 37.1 Å². The van der Waals surface area contributed by atoms with Crippen molar-refractivity contribution in [1.82, 2.24) is 9.88 Å². The Morgan fingerprint density at radius 2 is 1.74 bits per heavy atom. The molecule has 0 spiro atoms. The molecule has 1 aliphatic heterocycles. The van der Waals surface area contributed by atoms with Gasteiger partial charge in [0.1, 0.15) is 11.0 Å². The van der Waals surface area contributed by atoms with Crippen molar-refractivity contribution >= 4 is 34.1 Å². The summed E-state index contributed by atoms with van der Waals surface area (Å²) in [6, 6.07) is 18.0. The van der Waals surface area contributed by atoms with Crippen molar-refractivity contribution in [2.75, 3.05) is 31.1 Å². The van der Waals surface area contributed by atoms with Gasteiger partial charge in [-0.25, -0.2) is 4.98 Å². The van der Waals surface area contributed by atoms with Crippen molar-refractivity contribution in [2.45, 2.75) is 13.3 Å². The van der Waals surface area contributed by atoms with Crippen LogP contribution in [0.2, 0.25) is 5.15 Å². The van der Waals surface area contributed by atoms with Crippen molar-refractivity contribution in [1.29, 1.82) is 0 Å². The van der Waals surface area contributed by atoms with E-state index >= 15 is 0 Å². The SMILES string of the molecule is CCc1ccc(C(=O)N2CCN(c3cc4ccccc4c(Cl)n3)CC2)cc1. The molecule has 0 saturated carbocycles. The first-order valence-corrected chi connectivity index (χ1v) is 9.72. The van der Waals surface area contributed by atoms with Crippen molar-refractivity contribution in [3.8, 4) is 0 Å². The van der Waals surface area contributed by atoms with Crippen LogP contribution in [-0.2, 0) is 6.42 Å². The lowest BCUT2D eigenvalue weighted by Crippen LogP contribution is -2.49. The zero-order valence-electron chi connectivity index (χ0n) is 15.4. The maximum atomic E-state index is 12.7. The van der Waals surface area contributed by atoms with Crippen LogP contribution in [0.5, 0.6) is 0 Å². The van der Waals surface area contributed by atoms with Crippen LogP contribution >= 0.6 is 11.6 Å². The van der Waals surface area contributed by atoms with Gasteiger partial charge in [-0.3, -0.25) is 4.79 Å². The summed E-state index contributed by atoms with van der Waals surface area (Å²) in [5, 5.41) is 2.58. The van der Waals surface area contributed by atoms with Gasteiger partial charge in [0.05, 0.1) is 0 Å². The molecule has 0 aliphatic carbocycles. The van der Waals surface area contributed by atoms with Gasteiger partial charge >= 0.3 is 0 Å². The minimum atomic E-state index is 0.0989. The molecule has 0 bridgehead atoms. The molecule has 1 aliphatic rings. The number of benzene rings is 2. The third-order valence-corrected chi connectivity index (χ3v) is 5.47. The number of carbonyl (C=O) groups is 1. The smallest absolute Gasteiger partial charge is 0.253 e. The Hall–Kier alpha value is -2.59. The van der Waals surface area contributed by atoms with Gasteiger partial charge in [-0.15, -0.1) is 0 Å². The van der Waals surface area contributed by atoms with Gasteiger partial charge in [0.2, 0.25) is 0 Å². The molecule has 4 rings (SSSR count). The topological polar surface area (TPSA) is 36.4 Å². The standard InChI is InChI=1S/C22H22ClN3O/c1-2-16-7-9-17(10-8-16)22(27)26-13-11-25(12-14-26)20-15-18-5-3-4-6-19(18)21(23)24-20/h3-10,15H,2,11-14H2,1H3. The Bertz CT molecular complexity index is 963. The van der Waals surface area contributed by atoms with Crippen LogP contribution in [0.3, 0.4) is 0 Å². The predicted octanol–water partition coefficient (Wildman–Crippen LogP) is 4.41. The molecule has 1 fully saturated rings. The molecule has 138 valence electrons. The molecule has 4 nitrogen and oxygen atoms in total. The maximum absolute atomic E-state index is 12.7. The van der Waals surface area contributed by atoms with E-state index in [-0.39, 0.29) is 5.91 Å². The van der Waals surface area contributed by atoms with E-state index in [2.05, 4.69) is 22.9 Å². The zero-order chi connectivity index (χ0) is 18.8. The Morgan fingerprint density at radius 3 is 2.44 bits per heavy atom. The third kappa shape index (κ3) is 3.62. The fourth-order valence-electron chi connectivity index (χ4n) is 3.51. The van der Waals surface area contributed by atoms with Crippen molar-refractivity contribution in [2.24, 2.45) is 0 Å². The minimum absolute atomic E-state index is 0.0989. The molecule has 1 aromatic heterocycles. The zero-order valence-corrected chi connectivity index (χ0v) is 16.1. The summed E-state index contributed by atoms with van der Waals surface area (Å²) in [4.78, 5) is 21.4. The first-order valence-electron chi connectivity index (χ1n) is 9.34. The third-order valence-electron chi connectivity index (χ3n) is 5.18. The molecule has 2 aromatic carbocycles. The van der Waals surface area contributed by atoms with Gasteiger partial charge in [-0.2, -0.15) is 0 Å². The predicted molar refractivity (Wildman–Crippen MR) is 111 cm³/mol. The highest BCUT2D eigenvalue weighted by Gasteiger charge is 2.23. The molecule has 2 heterocycles. The van der Waals surface area contributed by atoms with Gasteiger partial charge in [-0.1, -0.05) is 54.9 Å². The number of halogens is 1. The van der Waals surface area contributed by atoms with Gasteiger partial charge < -0.3 is 9.80 Å². The van der Waals surface area contributed by atoms with Crippen LogP contribution in [0.25, 0.3) is 10.8 Å². The van der Waals surface area contributed by atoms with E-state index in [1.54, 1.807) is 0 Å². The van der Waals surface area contributed by atoms with E-state index in [0.29, 0.717) is 18.2 Å². The highest BCUT2D eigenvalue weighted by Crippen LogP contribution is 2.27. The number of aryl methyl sites for hydroxylation is 1. The summed E-state index contributed by atoms with van der Waals surface area (Å²) in [5.74, 6) is 0.972. The largest absolute Gasteiger partial charge is 0.353 e. The summed E-state index contributed by atoms with van der Waals surface area (Å²) in [5.41, 5.74) is 2.00. The maximum Gasteiger partial charge on any atom is 0.253 e. The molecule has 0 unspecified atom stereocenters. The number of rotatable bonds is 3. The fourth-order valence-corrected chi connectivity index (χ4v) is 3.77. The number of aromatic nitrogens is 1. The molecule has 3 aromatic rings. The number of hydrogen-bond acceptors (Lipinski definition) is 3. The van der Waals surface area contributed by atoms with Crippen LogP contribution in [0, 0.1) is 0 Å². The lowest BCUT2D eigenvalue weighted by Gasteiger charge is -2.35. The second-order valence-corrected chi connectivity index (χ2v) is 7.18. The molecule has 0 N–H and O–H groups in total. The first-order chi connectivity index (χ1) is 13.2. The van der Waals surface area contributed by atoms with Crippen molar-refractivity contribution in [3.63, 3.8) is 0 Å². The first kappa shape index (κ1) is 17.8. The van der Waals surface area contributed by atoms with Crippen LogP contribution < -0.4 is 4.90 Å². The van der Waals surface area contributed by atoms with Gasteiger partial charge in [-0.05, 0) is 35.6 Å². The van der Waals surface area contributed by atoms with E-state index in [0.717, 1.165) is 41.7 Å². The fraction of sp³-hybridized carbons (Fsp3) is 0.273. The second-order valence-electron chi connectivity index (χ2n) is 6.82. The highest BCUT2D eigenvalue weighted by molar-refractivity contribution is 6.34. The number of nitrogens with zero attached hydrogens (tertiary/aromatic N) is 3. The van der Waals surface area contributed by atoms with Crippen LogP contribution in [0.4, 0.5) is 5.82 Å². The van der Waals surface area contributed by atoms with E-state index in [4.69, 9.17) is 11.6 Å². The van der Waals surface area contributed by atoms with Crippen molar-refractivity contribution < 1.29 is 4.79 Å². The molecule has 1 saturated heterocycles. The molecule has 27 heavy (non-hydrogen) atoms. The summed E-state index contributed by atoms with van der Waals surface area (Å²) < 4.78 is 0. The second kappa shape index (κ2) is 7.57. The Kier molecular flexibility index (Phi) is 4.99. The summed E-state index contributed by atoms with van der Waals surface area (Å²) in [7, 11) is 0. The number of carbonyl (C=O) groups excluding carboxylic acids is 1. The Morgan fingerprint density at radius 1 is 1.04 bits per heavy atom. The van der Waals surface area contributed by atoms with Crippen LogP contribution in [-0.4, -0.2) is 42.0 Å². The van der Waals surface area contributed by atoms with E-state index < -0.39 is 0 Å². The minimum Gasteiger partial charge on any atom is -0.353 e. The van der Waals surface area contributed by atoms with E-state index in [9.17, 15) is 4.79 Å². The van der Waals surface area contributed by atoms with E-state index in [1.807, 2.05) is 53.4 Å². The van der Waals surface area contributed by atoms with Gasteiger partial charge in [0.15, 0.2) is 0 Å². The average Bonchev–Trinajstić information content (AvgIpc) is 2.73. The number of piperazine rings is 1. The van der Waals surface area contributed by atoms with Crippen LogP contribution in [0.1, 0.15) is 22.8 Å². The molecule has 5 heteroatoms. The number of fused-ring (bicyclic) bond motifs is 1. The summed E-state index contributed by atoms with van der Waals surface area (Å²) in [6.07, 6.45) is 0.981. The number of hydrogen-bond donors (Lipinski definition) is 0. The normalized spacial score (nSPS) is 14.6. The quantitative estimate of drug-likeness (QED) is 0.632. The van der Waals surface area contributed by atoms with Crippen LogP contribution in [0.15, 0.2) is 54.6 Å². The van der Waals surface area contributed by atoms with Gasteiger partial charge in [0.25, 0.3) is 5.91 Å². The number of pyridine rings is 1. The summed E-state index contributed by atoms with van der Waals surface area (Å²) in [6.45, 7) is 4.98.